The molecule has 0 spiro atoms. The zero-order valence-electron chi connectivity index (χ0n) is 61.4. The summed E-state index contributed by atoms with van der Waals surface area (Å²) in [6, 6.07) is 11.8. The van der Waals surface area contributed by atoms with E-state index in [2.05, 4.69) is 41.5 Å². The average molecular weight is 1450 g/mol. The lowest BCUT2D eigenvalue weighted by Crippen LogP contribution is -2.56. The third-order valence-corrected chi connectivity index (χ3v) is 32.8. The maximum Gasteiger partial charge on any atom is 0.537 e. The molecule has 0 bridgehead atoms. The molecule has 0 unspecified atom stereocenters. The molecule has 0 fully saturated rings. The molecule has 0 aliphatic rings. The van der Waals surface area contributed by atoms with E-state index >= 15 is 0 Å². The lowest BCUT2D eigenvalue weighted by atomic mass is 10.4. The van der Waals surface area contributed by atoms with Crippen LogP contribution in [0, 0.1) is 0 Å². The minimum atomic E-state index is -2.67. The molecule has 0 saturated heterocycles. The standard InChI is InChI=1S/C30H66O6S3Si2.C12H20O3Si.3C7H18O3Si/c1-7-13-21-31-40(32-22-14-8-2,33-23-15-9-3)29-19-27-37-39-38-28-20-30-41(34-24-16-10-4,35-25-17-11-5)36-26-18-12-6;1-4-13-16(14-5-2,15-6-3)12-10-8-7-9-11-12;3*1-5-8-11(4,9-6-2)10-7-3/h7-30H2,1-6H3;7-11H,4-6H2,1-3H3;3*5-7H2,1-4H3. The number of benzene rings is 1. The lowest BCUT2D eigenvalue weighted by Gasteiger charge is -2.30. The maximum atomic E-state index is 6.40. The predicted octanol–water partition coefficient (Wildman–Crippen LogP) is 17.5. The highest BCUT2D eigenvalue weighted by atomic mass is 33.5. The van der Waals surface area contributed by atoms with Gasteiger partial charge in [0.2, 0.25) is 0 Å². The monoisotopic (exact) mass is 1450 g/mol. The van der Waals surface area contributed by atoms with Crippen LogP contribution in [0.4, 0.5) is 0 Å². The summed E-state index contributed by atoms with van der Waals surface area (Å²) < 4.78 is 104. The third kappa shape index (κ3) is 53.8. The maximum absolute atomic E-state index is 6.40. The van der Waals surface area contributed by atoms with Gasteiger partial charge in [-0.2, -0.15) is 0 Å². The molecular formula is C63H140O18S3Si6. The molecule has 18 nitrogen and oxygen atoms in total. The number of hydrogen-bond acceptors (Lipinski definition) is 21. The fourth-order valence-electron chi connectivity index (χ4n) is 8.03. The highest BCUT2D eigenvalue weighted by Gasteiger charge is 2.44. The van der Waals surface area contributed by atoms with Crippen molar-refractivity contribution in [2.75, 3.05) is 130 Å². The molecule has 0 atom stereocenters. The second kappa shape index (κ2) is 68.4. The van der Waals surface area contributed by atoms with E-state index in [4.69, 9.17) is 79.7 Å². The minimum absolute atomic E-state index is 0.598. The Morgan fingerprint density at radius 1 is 0.267 bits per heavy atom. The van der Waals surface area contributed by atoms with Crippen molar-refractivity contribution in [3.63, 3.8) is 0 Å². The van der Waals surface area contributed by atoms with Gasteiger partial charge < -0.3 is 79.7 Å². The summed E-state index contributed by atoms with van der Waals surface area (Å²) in [7, 11) is -8.87. The van der Waals surface area contributed by atoms with Crippen LogP contribution in [0.15, 0.2) is 30.3 Å². The van der Waals surface area contributed by atoms with Crippen molar-refractivity contribution in [3.05, 3.63) is 30.3 Å². The van der Waals surface area contributed by atoms with Crippen LogP contribution >= 0.6 is 31.4 Å². The number of hydrogen-bond donors (Lipinski definition) is 0. The van der Waals surface area contributed by atoms with E-state index in [-0.39, 0.29) is 0 Å². The van der Waals surface area contributed by atoms with Crippen molar-refractivity contribution >= 4 is 89.4 Å². The minimum Gasteiger partial charge on any atom is -0.374 e. The van der Waals surface area contributed by atoms with Crippen LogP contribution in [0.5, 0.6) is 0 Å². The van der Waals surface area contributed by atoms with E-state index in [9.17, 15) is 0 Å². The van der Waals surface area contributed by atoms with E-state index in [0.29, 0.717) is 79.3 Å². The van der Waals surface area contributed by atoms with Crippen LogP contribution in [0.25, 0.3) is 0 Å². The Labute approximate surface area is 572 Å². The molecule has 0 amide bonds. The molecule has 0 aliphatic heterocycles. The molecule has 1 rings (SSSR count). The topological polar surface area (TPSA) is 166 Å². The van der Waals surface area contributed by atoms with Crippen molar-refractivity contribution in [1.29, 1.82) is 0 Å². The quantitative estimate of drug-likeness (QED) is 0.0343. The molecule has 0 N–H and O–H groups in total. The van der Waals surface area contributed by atoms with Crippen molar-refractivity contribution < 1.29 is 79.7 Å². The second-order valence-electron chi connectivity index (χ2n) is 20.2. The summed E-state index contributed by atoms with van der Waals surface area (Å²) in [4.78, 5) is 0. The molecule has 90 heavy (non-hydrogen) atoms. The Bertz CT molecular complexity index is 1370. The van der Waals surface area contributed by atoms with Gasteiger partial charge in [-0.3, -0.25) is 0 Å². The molecule has 0 saturated carbocycles. The molecule has 1 aromatic carbocycles. The largest absolute Gasteiger partial charge is 0.537 e. The lowest BCUT2D eigenvalue weighted by molar-refractivity contribution is 0.0555. The molecule has 542 valence electrons. The van der Waals surface area contributed by atoms with E-state index in [0.717, 1.165) is 158 Å². The first-order chi connectivity index (χ1) is 43.4. The van der Waals surface area contributed by atoms with Gasteiger partial charge in [-0.1, -0.05) is 132 Å². The first kappa shape index (κ1) is 97.2. The van der Waals surface area contributed by atoms with Crippen molar-refractivity contribution in [2.24, 2.45) is 0 Å². The predicted molar refractivity (Wildman–Crippen MR) is 394 cm³/mol. The molecule has 0 radical (unpaired) electrons. The average Bonchev–Trinajstić information content (AvgIpc) is 1.06. The summed E-state index contributed by atoms with van der Waals surface area (Å²) in [5, 5.41) is 1.03. The van der Waals surface area contributed by atoms with Crippen LogP contribution in [-0.4, -0.2) is 183 Å². The van der Waals surface area contributed by atoms with Gasteiger partial charge in [0.25, 0.3) is 0 Å². The van der Waals surface area contributed by atoms with E-state index < -0.39 is 52.8 Å². The van der Waals surface area contributed by atoms with Crippen molar-refractivity contribution in [2.45, 2.75) is 246 Å². The van der Waals surface area contributed by atoms with Gasteiger partial charge in [-0.05, 0) is 144 Å². The Hall–Kier alpha value is 0.851. The Balaban J connectivity index is -0.000000607. The summed E-state index contributed by atoms with van der Waals surface area (Å²) >= 11 is 0. The summed E-state index contributed by atoms with van der Waals surface area (Å²) in [5.74, 6) is 2.16. The molecule has 1 aromatic rings. The van der Waals surface area contributed by atoms with E-state index in [1.165, 1.54) is 0 Å². The molecular weight excluding hydrogens is 1310 g/mol. The number of unbranched alkanes of at least 4 members (excludes halogenated alkanes) is 6. The highest BCUT2D eigenvalue weighted by molar-refractivity contribution is 9.09. The van der Waals surface area contributed by atoms with Crippen LogP contribution in [0.1, 0.15) is 215 Å². The smallest absolute Gasteiger partial charge is 0.374 e. The fraction of sp³-hybridized carbons (Fsp3) is 0.905. The SMILES string of the molecule is CCCCO[Si](CCCSSSCCC[Si](OCCCC)(OCCCC)OCCCC)(OCCCC)OCCCC.CCO[Si](C)(OCC)OCC.CCO[Si](C)(OCC)OCC.CCO[Si](C)(OCC)OCC.CCO[Si](OCC)(OCC)c1ccccc1. The van der Waals surface area contributed by atoms with Gasteiger partial charge in [0.1, 0.15) is 0 Å². The highest BCUT2D eigenvalue weighted by Crippen LogP contribution is 2.37. The van der Waals surface area contributed by atoms with E-state index in [1.54, 1.807) is 0 Å². The summed E-state index contributed by atoms with van der Waals surface area (Å²) in [6.07, 6.45) is 15.3. The van der Waals surface area contributed by atoms with Crippen molar-refractivity contribution in [1.82, 2.24) is 0 Å². The van der Waals surface area contributed by atoms with Gasteiger partial charge in [0.05, 0.1) is 0 Å². The van der Waals surface area contributed by atoms with Gasteiger partial charge in [-0.15, -0.1) is 0 Å². The van der Waals surface area contributed by atoms with Gasteiger partial charge in [0, 0.05) is 167 Å². The fourth-order valence-corrected chi connectivity index (χ4v) is 25.7. The van der Waals surface area contributed by atoms with Gasteiger partial charge in [0.15, 0.2) is 0 Å². The van der Waals surface area contributed by atoms with E-state index in [1.807, 2.05) is 164 Å². The van der Waals surface area contributed by atoms with Crippen LogP contribution in [-0.2, 0) is 79.7 Å². The van der Waals surface area contributed by atoms with Crippen molar-refractivity contribution in [3.8, 4) is 0 Å². The Kier molecular flexibility index (Phi) is 73.9. The zero-order chi connectivity index (χ0) is 68.4. The molecule has 27 heteroatoms. The molecule has 0 aromatic heterocycles. The normalized spacial score (nSPS) is 12.1. The van der Waals surface area contributed by atoms with Crippen LogP contribution < -0.4 is 5.19 Å². The van der Waals surface area contributed by atoms with Crippen LogP contribution in [0.3, 0.4) is 0 Å². The summed E-state index contributed by atoms with van der Waals surface area (Å²) in [6.45, 7) is 54.6. The second-order valence-corrected chi connectivity index (χ2v) is 40.5. The number of rotatable bonds is 59. The zero-order valence-corrected chi connectivity index (χ0v) is 69.9. The Morgan fingerprint density at radius 2 is 0.478 bits per heavy atom. The first-order valence-electron chi connectivity index (χ1n) is 34.9. The molecule has 0 heterocycles. The summed E-state index contributed by atoms with van der Waals surface area (Å²) in [5.41, 5.74) is 0. The Morgan fingerprint density at radius 3 is 0.667 bits per heavy atom. The van der Waals surface area contributed by atoms with Crippen LogP contribution in [0.2, 0.25) is 31.7 Å². The third-order valence-electron chi connectivity index (χ3n) is 12.2. The first-order valence-corrected chi connectivity index (χ1v) is 51.0. The van der Waals surface area contributed by atoms with Gasteiger partial charge in [-0.25, -0.2) is 0 Å². The molecule has 0 aliphatic carbocycles. The van der Waals surface area contributed by atoms with Gasteiger partial charge >= 0.3 is 52.8 Å².